The number of nitrogen functional groups attached to an aromatic ring is 1. The van der Waals surface area contributed by atoms with Gasteiger partial charge in [0.05, 0.1) is 36.8 Å². The molecule has 0 unspecified atom stereocenters. The molecule has 0 atom stereocenters. The lowest BCUT2D eigenvalue weighted by Gasteiger charge is -2.27. The van der Waals surface area contributed by atoms with E-state index in [-0.39, 0.29) is 22.4 Å². The fourth-order valence-corrected chi connectivity index (χ4v) is 5.72. The van der Waals surface area contributed by atoms with E-state index in [9.17, 15) is 8.42 Å². The highest BCUT2D eigenvalue weighted by Crippen LogP contribution is 2.36. The lowest BCUT2D eigenvalue weighted by atomic mass is 10.1. The first-order valence-electron chi connectivity index (χ1n) is 13.1. The maximum atomic E-state index is 15.3. The summed E-state index contributed by atoms with van der Waals surface area (Å²) in [4.78, 5) is 13.2. The Labute approximate surface area is 236 Å². The van der Waals surface area contributed by atoms with Gasteiger partial charge in [-0.25, -0.2) is 19.3 Å². The second kappa shape index (κ2) is 10.5. The predicted molar refractivity (Wildman–Crippen MR) is 156 cm³/mol. The van der Waals surface area contributed by atoms with Crippen LogP contribution in [0.25, 0.3) is 28.0 Å². The molecule has 210 valence electrons. The van der Waals surface area contributed by atoms with Crippen LogP contribution in [0.1, 0.15) is 25.6 Å². The minimum Gasteiger partial charge on any atom is -0.382 e. The Kier molecular flexibility index (Phi) is 6.80. The summed E-state index contributed by atoms with van der Waals surface area (Å²) in [5.41, 5.74) is 10.3. The molecule has 1 aliphatic heterocycles. The van der Waals surface area contributed by atoms with Crippen LogP contribution in [0.3, 0.4) is 0 Å². The van der Waals surface area contributed by atoms with Gasteiger partial charge in [-0.3, -0.25) is 9.12 Å². The van der Waals surface area contributed by atoms with Crippen LogP contribution >= 0.6 is 0 Å². The van der Waals surface area contributed by atoms with Crippen molar-refractivity contribution in [1.82, 2.24) is 19.4 Å². The molecular weight excluding hydrogens is 545 g/mol. The van der Waals surface area contributed by atoms with Crippen LogP contribution in [0.15, 0.2) is 78.1 Å². The molecular formula is C29H28FN7O3S. The van der Waals surface area contributed by atoms with Crippen LogP contribution in [-0.2, 0) is 14.8 Å². The summed E-state index contributed by atoms with van der Waals surface area (Å²) in [6.07, 6.45) is 3.06. The Morgan fingerprint density at radius 1 is 1.05 bits per heavy atom. The van der Waals surface area contributed by atoms with E-state index in [0.29, 0.717) is 36.0 Å². The topological polar surface area (TPSA) is 137 Å². The van der Waals surface area contributed by atoms with E-state index < -0.39 is 15.8 Å². The maximum absolute atomic E-state index is 15.3. The second-order valence-corrected chi connectivity index (χ2v) is 11.7. The summed E-state index contributed by atoms with van der Waals surface area (Å²) in [6.45, 7) is 5.42. The number of ether oxygens (including phenoxy) is 1. The molecule has 0 amide bonds. The number of halogens is 1. The molecule has 3 aromatic heterocycles. The molecule has 0 radical (unpaired) electrons. The number of aromatic nitrogens is 4. The number of sulfonamides is 1. The number of rotatable bonds is 8. The molecule has 2 aromatic carbocycles. The number of anilines is 3. The van der Waals surface area contributed by atoms with E-state index in [0.717, 1.165) is 22.8 Å². The molecule has 4 heterocycles. The van der Waals surface area contributed by atoms with Crippen molar-refractivity contribution >= 4 is 32.7 Å². The molecule has 0 saturated carbocycles. The van der Waals surface area contributed by atoms with Crippen LogP contribution in [-0.4, -0.2) is 47.0 Å². The molecule has 41 heavy (non-hydrogen) atoms. The van der Waals surface area contributed by atoms with Gasteiger partial charge in [-0.05, 0) is 36.4 Å². The zero-order chi connectivity index (χ0) is 28.7. The first kappa shape index (κ1) is 26.7. The zero-order valence-corrected chi connectivity index (χ0v) is 23.2. The predicted octanol–water partition coefficient (Wildman–Crippen LogP) is 4.91. The van der Waals surface area contributed by atoms with Crippen molar-refractivity contribution in [3.05, 3.63) is 84.7 Å². The number of benzene rings is 2. The molecule has 10 nitrogen and oxygen atoms in total. The van der Waals surface area contributed by atoms with E-state index in [1.165, 1.54) is 24.4 Å². The largest absolute Gasteiger partial charge is 0.382 e. The first-order chi connectivity index (χ1) is 19.7. The van der Waals surface area contributed by atoms with Gasteiger partial charge in [0.1, 0.15) is 28.7 Å². The number of nitrogens with two attached hydrogens (primary N) is 1. The lowest BCUT2D eigenvalue weighted by molar-refractivity contribution is 0.0211. The molecule has 5 aromatic rings. The Hall–Kier alpha value is -4.55. The average molecular weight is 574 g/mol. The van der Waals surface area contributed by atoms with Gasteiger partial charge in [0.25, 0.3) is 10.0 Å². The van der Waals surface area contributed by atoms with Crippen LogP contribution < -0.4 is 15.8 Å². The minimum absolute atomic E-state index is 0.00524. The van der Waals surface area contributed by atoms with Crippen LogP contribution in [0.2, 0.25) is 0 Å². The van der Waals surface area contributed by atoms with Gasteiger partial charge in [-0.15, -0.1) is 0 Å². The third-order valence-electron chi connectivity index (χ3n) is 6.82. The van der Waals surface area contributed by atoms with Crippen molar-refractivity contribution in [3.63, 3.8) is 0 Å². The Morgan fingerprint density at radius 3 is 2.44 bits per heavy atom. The minimum atomic E-state index is -4.07. The highest BCUT2D eigenvalue weighted by Gasteiger charge is 2.24. The molecule has 6 rings (SSSR count). The first-order valence-corrected chi connectivity index (χ1v) is 14.5. The van der Waals surface area contributed by atoms with Gasteiger partial charge in [0.2, 0.25) is 0 Å². The summed E-state index contributed by atoms with van der Waals surface area (Å²) in [7, 11) is -4.07. The van der Waals surface area contributed by atoms with Crippen molar-refractivity contribution in [3.8, 4) is 22.5 Å². The van der Waals surface area contributed by atoms with Gasteiger partial charge < -0.3 is 15.8 Å². The van der Waals surface area contributed by atoms with Crippen LogP contribution in [0.4, 0.5) is 21.6 Å². The SMILES string of the molecule is CC(C)c1nc(-c2ccc(NS(=O)(=O)c3ccccn3)c(F)c2)c2c(N)ncc(-c3ccc(NC4COC4)cc3)n12. The quantitative estimate of drug-likeness (QED) is 0.238. The van der Waals surface area contributed by atoms with E-state index in [4.69, 9.17) is 15.5 Å². The normalized spacial score (nSPS) is 13.9. The van der Waals surface area contributed by atoms with Crippen LogP contribution in [0, 0.1) is 5.82 Å². The fourth-order valence-electron chi connectivity index (χ4n) is 4.70. The number of imidazole rings is 1. The summed E-state index contributed by atoms with van der Waals surface area (Å²) < 4.78 is 50.1. The van der Waals surface area contributed by atoms with Gasteiger partial charge >= 0.3 is 0 Å². The molecule has 1 fully saturated rings. The van der Waals surface area contributed by atoms with Gasteiger partial charge in [-0.2, -0.15) is 8.42 Å². The van der Waals surface area contributed by atoms with E-state index >= 15 is 4.39 Å². The van der Waals surface area contributed by atoms with Gasteiger partial charge in [0, 0.05) is 28.9 Å². The molecule has 1 saturated heterocycles. The average Bonchev–Trinajstić information content (AvgIpc) is 3.35. The van der Waals surface area contributed by atoms with Crippen molar-refractivity contribution in [2.24, 2.45) is 0 Å². The number of fused-ring (bicyclic) bond motifs is 1. The fraction of sp³-hybridized carbons (Fsp3) is 0.207. The smallest absolute Gasteiger partial charge is 0.279 e. The van der Waals surface area contributed by atoms with E-state index in [1.54, 1.807) is 24.4 Å². The summed E-state index contributed by atoms with van der Waals surface area (Å²) in [5, 5.41) is 3.22. The van der Waals surface area contributed by atoms with Gasteiger partial charge in [0.15, 0.2) is 5.03 Å². The standard InChI is InChI=1S/C29H28FN7O3S/c1-17(2)29-35-26(19-8-11-23(22(30)13-19)36-41(38,39)25-5-3-4-12-32-25)27-28(31)33-14-24(37(27)29)18-6-9-20(10-7-18)34-21-15-40-16-21/h3-14,17,21,34,36H,15-16H2,1-2H3,(H2,31,33). The third-order valence-corrected chi connectivity index (χ3v) is 8.10. The highest BCUT2D eigenvalue weighted by atomic mass is 32.2. The maximum Gasteiger partial charge on any atom is 0.279 e. The molecule has 4 N–H and O–H groups in total. The molecule has 12 heteroatoms. The van der Waals surface area contributed by atoms with Crippen molar-refractivity contribution in [1.29, 1.82) is 0 Å². The zero-order valence-electron chi connectivity index (χ0n) is 22.4. The molecule has 0 bridgehead atoms. The second-order valence-electron chi connectivity index (χ2n) is 10.1. The monoisotopic (exact) mass is 573 g/mol. The van der Waals surface area contributed by atoms with Gasteiger partial charge in [-0.1, -0.05) is 38.1 Å². The Bertz CT molecular complexity index is 1840. The molecule has 0 spiro atoms. The third kappa shape index (κ3) is 5.07. The molecule has 0 aliphatic carbocycles. The van der Waals surface area contributed by atoms with Crippen molar-refractivity contribution < 1.29 is 17.5 Å². The van der Waals surface area contributed by atoms with E-state index in [2.05, 4.69) is 20.0 Å². The Balaban J connectivity index is 1.40. The molecule has 1 aliphatic rings. The summed E-state index contributed by atoms with van der Waals surface area (Å²) >= 11 is 0. The number of nitrogens with one attached hydrogen (secondary N) is 2. The number of hydrogen-bond donors (Lipinski definition) is 3. The van der Waals surface area contributed by atoms with E-state index in [1.807, 2.05) is 42.5 Å². The summed E-state index contributed by atoms with van der Waals surface area (Å²) in [5.74, 6) is 0.211. The number of hydrogen-bond acceptors (Lipinski definition) is 8. The number of nitrogens with zero attached hydrogens (tertiary/aromatic N) is 4. The number of pyridine rings is 1. The van der Waals surface area contributed by atoms with Crippen molar-refractivity contribution in [2.45, 2.75) is 30.8 Å². The summed E-state index contributed by atoms with van der Waals surface area (Å²) in [6, 6.07) is 17.0. The Morgan fingerprint density at radius 2 is 1.80 bits per heavy atom. The lowest BCUT2D eigenvalue weighted by Crippen LogP contribution is -2.40. The van der Waals surface area contributed by atoms with Crippen LogP contribution in [0.5, 0.6) is 0 Å². The van der Waals surface area contributed by atoms with Crippen molar-refractivity contribution in [2.75, 3.05) is 29.0 Å². The highest BCUT2D eigenvalue weighted by molar-refractivity contribution is 7.92.